The van der Waals surface area contributed by atoms with Crippen LogP contribution in [0.5, 0.6) is 0 Å². The van der Waals surface area contributed by atoms with Crippen LogP contribution in [0.2, 0.25) is 0 Å². The van der Waals surface area contributed by atoms with Crippen molar-refractivity contribution in [3.05, 3.63) is 36.2 Å². The number of hydrogen-bond acceptors (Lipinski definition) is 3. The van der Waals surface area contributed by atoms with Crippen molar-refractivity contribution < 1.29 is 19.8 Å². The van der Waals surface area contributed by atoms with E-state index in [4.69, 9.17) is 10.2 Å². The van der Waals surface area contributed by atoms with Gasteiger partial charge in [0.05, 0.1) is 0 Å². The van der Waals surface area contributed by atoms with Gasteiger partial charge in [-0.15, -0.1) is 0 Å². The lowest BCUT2D eigenvalue weighted by Gasteiger charge is -2.15. The number of aromatic nitrogens is 1. The van der Waals surface area contributed by atoms with E-state index >= 15 is 0 Å². The number of fused-ring (bicyclic) bond motifs is 1. The molecule has 0 atom stereocenters. The van der Waals surface area contributed by atoms with Crippen LogP contribution < -0.4 is 5.32 Å². The molecule has 0 fully saturated rings. The minimum atomic E-state index is -1.26. The first-order chi connectivity index (χ1) is 8.09. The molecule has 0 bridgehead atoms. The average Bonchev–Trinajstić information content (AvgIpc) is 2.75. The Hall–Kier alpha value is -2.08. The summed E-state index contributed by atoms with van der Waals surface area (Å²) in [5, 5.41) is 18.9. The maximum atomic E-state index is 9.55. The highest BCUT2D eigenvalue weighted by atomic mass is 16.4. The van der Waals surface area contributed by atoms with Crippen molar-refractivity contribution in [2.45, 2.75) is 13.1 Å². The number of carbonyl (C=O) groups is 2. The molecule has 0 aromatic carbocycles. The van der Waals surface area contributed by atoms with E-state index in [1.807, 2.05) is 0 Å². The molecule has 0 spiro atoms. The molecule has 6 nitrogen and oxygen atoms in total. The van der Waals surface area contributed by atoms with Crippen molar-refractivity contribution >= 4 is 11.9 Å². The second kappa shape index (κ2) is 6.49. The Labute approximate surface area is 98.2 Å². The van der Waals surface area contributed by atoms with Gasteiger partial charge in [0.15, 0.2) is 0 Å². The quantitative estimate of drug-likeness (QED) is 0.645. The third-order valence-electron chi connectivity index (χ3n) is 2.13. The molecule has 0 amide bonds. The van der Waals surface area contributed by atoms with Gasteiger partial charge in [0.25, 0.3) is 0 Å². The van der Waals surface area contributed by atoms with Crippen LogP contribution in [0.1, 0.15) is 5.69 Å². The molecule has 0 radical (unpaired) electrons. The van der Waals surface area contributed by atoms with Crippen LogP contribution in [0.25, 0.3) is 0 Å². The summed E-state index contributed by atoms with van der Waals surface area (Å²) >= 11 is 0. The van der Waals surface area contributed by atoms with E-state index in [9.17, 15) is 9.59 Å². The second-order valence-electron chi connectivity index (χ2n) is 3.38. The third-order valence-corrected chi connectivity index (χ3v) is 2.13. The highest BCUT2D eigenvalue weighted by Crippen LogP contribution is 2.04. The van der Waals surface area contributed by atoms with Gasteiger partial charge in [-0.1, -0.05) is 0 Å². The molecule has 3 N–H and O–H groups in total. The molecule has 2 heterocycles. The summed E-state index contributed by atoms with van der Waals surface area (Å²) in [5.74, 6) is -2.51. The number of hydrogen-bond donors (Lipinski definition) is 3. The molecule has 1 aliphatic heterocycles. The molecule has 1 aliphatic rings. The van der Waals surface area contributed by atoms with E-state index in [2.05, 4.69) is 28.2 Å². The predicted octanol–water partition coefficient (Wildman–Crippen LogP) is 0.303. The number of carboxylic acids is 2. The van der Waals surface area contributed by atoms with Crippen LogP contribution >= 0.6 is 0 Å². The lowest BCUT2D eigenvalue weighted by Crippen LogP contribution is -2.27. The molecule has 0 saturated carbocycles. The van der Waals surface area contributed by atoms with E-state index in [-0.39, 0.29) is 0 Å². The van der Waals surface area contributed by atoms with Crippen molar-refractivity contribution in [2.24, 2.45) is 0 Å². The predicted molar refractivity (Wildman–Crippen MR) is 60.6 cm³/mol. The smallest absolute Gasteiger partial charge is 0.328 e. The Kier molecular flexibility index (Phi) is 4.96. The lowest BCUT2D eigenvalue weighted by molar-refractivity contribution is -0.134. The fourth-order valence-corrected chi connectivity index (χ4v) is 1.39. The van der Waals surface area contributed by atoms with E-state index in [1.54, 1.807) is 0 Å². The SMILES string of the molecule is O=C(O)/C=C/C(=O)O.c1cc2n(c1)CCNC2. The Balaban J connectivity index is 0.000000172. The Morgan fingerprint density at radius 3 is 2.47 bits per heavy atom. The summed E-state index contributed by atoms with van der Waals surface area (Å²) in [7, 11) is 0. The average molecular weight is 238 g/mol. The van der Waals surface area contributed by atoms with Crippen LogP contribution in [-0.4, -0.2) is 33.3 Å². The monoisotopic (exact) mass is 238 g/mol. The van der Waals surface area contributed by atoms with Crippen molar-refractivity contribution in [1.29, 1.82) is 0 Å². The molecule has 1 aromatic heterocycles. The number of nitrogens with one attached hydrogen (secondary N) is 1. The van der Waals surface area contributed by atoms with Gasteiger partial charge >= 0.3 is 11.9 Å². The van der Waals surface area contributed by atoms with E-state index in [0.29, 0.717) is 12.2 Å². The van der Waals surface area contributed by atoms with Crippen LogP contribution in [-0.2, 0) is 22.7 Å². The van der Waals surface area contributed by atoms with E-state index in [1.165, 1.54) is 5.69 Å². The zero-order chi connectivity index (χ0) is 12.7. The van der Waals surface area contributed by atoms with Crippen LogP contribution in [0.15, 0.2) is 30.5 Å². The summed E-state index contributed by atoms with van der Waals surface area (Å²) in [6, 6.07) is 4.26. The zero-order valence-corrected chi connectivity index (χ0v) is 9.17. The molecule has 1 aromatic rings. The van der Waals surface area contributed by atoms with Crippen molar-refractivity contribution in [3.63, 3.8) is 0 Å². The van der Waals surface area contributed by atoms with Gasteiger partial charge < -0.3 is 20.1 Å². The number of rotatable bonds is 2. The Morgan fingerprint density at radius 2 is 1.94 bits per heavy atom. The van der Waals surface area contributed by atoms with Crippen molar-refractivity contribution in [1.82, 2.24) is 9.88 Å². The summed E-state index contributed by atoms with van der Waals surface area (Å²) in [6.07, 6.45) is 3.25. The summed E-state index contributed by atoms with van der Waals surface area (Å²) in [5.41, 5.74) is 1.40. The molecule has 0 unspecified atom stereocenters. The third kappa shape index (κ3) is 4.98. The standard InChI is InChI=1S/C7H10N2.C4H4O4/c1-2-7-6-8-3-5-9(7)4-1;5-3(6)1-2-4(7)8/h1-2,4,8H,3,5-6H2;1-2H,(H,5,6)(H,7,8)/b;2-1+. The highest BCUT2D eigenvalue weighted by molar-refractivity contribution is 5.89. The van der Waals surface area contributed by atoms with E-state index in [0.717, 1.165) is 19.6 Å². The maximum absolute atomic E-state index is 9.55. The van der Waals surface area contributed by atoms with Gasteiger partial charge in [-0.2, -0.15) is 0 Å². The maximum Gasteiger partial charge on any atom is 0.328 e. The zero-order valence-electron chi connectivity index (χ0n) is 9.17. The normalized spacial score (nSPS) is 13.6. The largest absolute Gasteiger partial charge is 0.478 e. The number of nitrogens with zero attached hydrogens (tertiary/aromatic N) is 1. The summed E-state index contributed by atoms with van der Waals surface area (Å²) in [4.78, 5) is 19.1. The minimum Gasteiger partial charge on any atom is -0.478 e. The van der Waals surface area contributed by atoms with Gasteiger partial charge in [-0.25, -0.2) is 9.59 Å². The first kappa shape index (κ1) is 13.0. The molecule has 0 saturated heterocycles. The topological polar surface area (TPSA) is 91.6 Å². The van der Waals surface area contributed by atoms with Crippen LogP contribution in [0, 0.1) is 0 Å². The van der Waals surface area contributed by atoms with Crippen LogP contribution in [0.4, 0.5) is 0 Å². The molecule has 6 heteroatoms. The molecule has 92 valence electrons. The van der Waals surface area contributed by atoms with Gasteiger partial charge in [0, 0.05) is 43.7 Å². The fourth-order valence-electron chi connectivity index (χ4n) is 1.39. The fraction of sp³-hybridized carbons (Fsp3) is 0.273. The highest BCUT2D eigenvalue weighted by Gasteiger charge is 2.03. The lowest BCUT2D eigenvalue weighted by atomic mass is 10.3. The van der Waals surface area contributed by atoms with Crippen molar-refractivity contribution in [3.8, 4) is 0 Å². The number of aliphatic carboxylic acids is 2. The van der Waals surface area contributed by atoms with Crippen molar-refractivity contribution in [2.75, 3.05) is 6.54 Å². The van der Waals surface area contributed by atoms with Gasteiger partial charge in [-0.05, 0) is 12.1 Å². The number of carboxylic acid groups (broad SMARTS) is 2. The molecule has 0 aliphatic carbocycles. The molecular weight excluding hydrogens is 224 g/mol. The minimum absolute atomic E-state index is 0.558. The van der Waals surface area contributed by atoms with Gasteiger partial charge in [-0.3, -0.25) is 0 Å². The van der Waals surface area contributed by atoms with Gasteiger partial charge in [0.1, 0.15) is 0 Å². The Morgan fingerprint density at radius 1 is 1.29 bits per heavy atom. The summed E-state index contributed by atoms with van der Waals surface area (Å²) in [6.45, 7) is 3.27. The second-order valence-corrected chi connectivity index (χ2v) is 3.38. The molecule has 17 heavy (non-hydrogen) atoms. The first-order valence-electron chi connectivity index (χ1n) is 5.08. The Bertz CT molecular complexity index is 386. The van der Waals surface area contributed by atoms with Crippen LogP contribution in [0.3, 0.4) is 0 Å². The van der Waals surface area contributed by atoms with E-state index < -0.39 is 11.9 Å². The molecule has 2 rings (SSSR count). The summed E-state index contributed by atoms with van der Waals surface area (Å²) < 4.78 is 2.29. The molecular formula is C11H14N2O4. The first-order valence-corrected chi connectivity index (χ1v) is 5.08. The van der Waals surface area contributed by atoms with Gasteiger partial charge in [0.2, 0.25) is 0 Å².